The number of nitrogens with one attached hydrogen (secondary N) is 1. The number of amides is 1. The van der Waals surface area contributed by atoms with Crippen molar-refractivity contribution < 1.29 is 23.4 Å². The van der Waals surface area contributed by atoms with E-state index in [4.69, 9.17) is 18.6 Å². The maximum Gasteiger partial charge on any atom is 0.221 e. The molecule has 0 spiro atoms. The standard InChI is InChI=1S/C38H36N2O5/c1-42-30-17-14-27(15-18-30)24-40-25-34(32-12-6-7-13-35(32)40)33(22-38(41)39-23-31-11-8-20-44-31)29-16-19-36(37(21-29)43-2)45-26-28-9-4-3-5-10-28/h3-21,25,33H,22-24,26H2,1-2H3,(H,39,41)/t33-/m1/s1. The van der Waals surface area contributed by atoms with Crippen LogP contribution in [-0.4, -0.2) is 24.7 Å². The molecule has 4 aromatic carbocycles. The minimum absolute atomic E-state index is 0.0771. The van der Waals surface area contributed by atoms with E-state index in [-0.39, 0.29) is 18.2 Å². The molecule has 1 atom stereocenters. The molecule has 0 aliphatic carbocycles. The van der Waals surface area contributed by atoms with Gasteiger partial charge in [0.25, 0.3) is 0 Å². The number of furan rings is 1. The number of fused-ring (bicyclic) bond motifs is 1. The summed E-state index contributed by atoms with van der Waals surface area (Å²) in [5.41, 5.74) is 5.34. The summed E-state index contributed by atoms with van der Waals surface area (Å²) in [4.78, 5) is 13.4. The monoisotopic (exact) mass is 600 g/mol. The third-order valence-corrected chi connectivity index (χ3v) is 7.96. The van der Waals surface area contributed by atoms with Crippen LogP contribution in [0.5, 0.6) is 17.2 Å². The van der Waals surface area contributed by atoms with Crippen molar-refractivity contribution in [3.8, 4) is 17.2 Å². The van der Waals surface area contributed by atoms with E-state index in [1.54, 1.807) is 20.5 Å². The summed E-state index contributed by atoms with van der Waals surface area (Å²) >= 11 is 0. The SMILES string of the molecule is COc1ccc(Cn2cc([C@H](CC(=O)NCc3ccco3)c3ccc(OCc4ccccc4)c(OC)c3)c3ccccc32)cc1. The van der Waals surface area contributed by atoms with Crippen molar-refractivity contribution in [2.45, 2.75) is 32.0 Å². The molecule has 2 heterocycles. The molecule has 0 bridgehead atoms. The number of benzene rings is 4. The molecule has 6 rings (SSSR count). The lowest BCUT2D eigenvalue weighted by atomic mass is 9.87. The average molecular weight is 601 g/mol. The maximum atomic E-state index is 13.4. The molecule has 228 valence electrons. The van der Waals surface area contributed by atoms with Crippen LogP contribution >= 0.6 is 0 Å². The van der Waals surface area contributed by atoms with Gasteiger partial charge in [0.05, 0.1) is 27.0 Å². The summed E-state index contributed by atoms with van der Waals surface area (Å²) in [6.07, 6.45) is 4.02. The number of carbonyl (C=O) groups is 1. The Labute approximate surface area is 263 Å². The van der Waals surface area contributed by atoms with Gasteiger partial charge in [-0.05, 0) is 64.7 Å². The lowest BCUT2D eigenvalue weighted by Gasteiger charge is -2.19. The van der Waals surface area contributed by atoms with Gasteiger partial charge in [0.15, 0.2) is 11.5 Å². The number of para-hydroxylation sites is 1. The summed E-state index contributed by atoms with van der Waals surface area (Å²) in [7, 11) is 3.31. The molecule has 1 N–H and O–H groups in total. The summed E-state index contributed by atoms with van der Waals surface area (Å²) < 4.78 is 25.0. The first-order valence-corrected chi connectivity index (χ1v) is 15.0. The van der Waals surface area contributed by atoms with Crippen molar-refractivity contribution in [2.75, 3.05) is 14.2 Å². The number of aromatic nitrogens is 1. The number of nitrogens with zero attached hydrogens (tertiary/aromatic N) is 1. The Kier molecular flexibility index (Phi) is 9.16. The second kappa shape index (κ2) is 13.9. The highest BCUT2D eigenvalue weighted by atomic mass is 16.5. The number of ether oxygens (including phenoxy) is 3. The molecule has 7 nitrogen and oxygen atoms in total. The van der Waals surface area contributed by atoms with Gasteiger partial charge < -0.3 is 28.5 Å². The number of hydrogen-bond donors (Lipinski definition) is 1. The molecular weight excluding hydrogens is 564 g/mol. The highest BCUT2D eigenvalue weighted by molar-refractivity contribution is 5.87. The number of carbonyl (C=O) groups excluding carboxylic acids is 1. The Bertz CT molecular complexity index is 1840. The second-order valence-corrected chi connectivity index (χ2v) is 10.9. The zero-order valence-corrected chi connectivity index (χ0v) is 25.4. The smallest absolute Gasteiger partial charge is 0.221 e. The first kappa shape index (κ1) is 29.6. The quantitative estimate of drug-likeness (QED) is 0.147. The Hall–Kier alpha value is -5.43. The van der Waals surface area contributed by atoms with Crippen LogP contribution in [0.4, 0.5) is 0 Å². The van der Waals surface area contributed by atoms with Crippen LogP contribution in [-0.2, 0) is 24.5 Å². The molecule has 45 heavy (non-hydrogen) atoms. The van der Waals surface area contributed by atoms with Crippen LogP contribution in [0, 0.1) is 0 Å². The molecule has 0 aliphatic rings. The highest BCUT2D eigenvalue weighted by Crippen LogP contribution is 2.39. The fraction of sp³-hybridized carbons (Fsp3) is 0.184. The zero-order valence-electron chi connectivity index (χ0n) is 25.4. The van der Waals surface area contributed by atoms with Crippen LogP contribution in [0.1, 0.15) is 40.4 Å². The van der Waals surface area contributed by atoms with Crippen molar-refractivity contribution in [3.05, 3.63) is 150 Å². The van der Waals surface area contributed by atoms with Crippen LogP contribution in [0.25, 0.3) is 10.9 Å². The van der Waals surface area contributed by atoms with E-state index in [0.29, 0.717) is 37.0 Å². The minimum Gasteiger partial charge on any atom is -0.497 e. The molecule has 0 aliphatic heterocycles. The van der Waals surface area contributed by atoms with Gasteiger partial charge in [0.2, 0.25) is 5.91 Å². The van der Waals surface area contributed by atoms with E-state index in [0.717, 1.165) is 38.9 Å². The first-order valence-electron chi connectivity index (χ1n) is 15.0. The maximum absolute atomic E-state index is 13.4. The van der Waals surface area contributed by atoms with Crippen LogP contribution in [0.3, 0.4) is 0 Å². The predicted molar refractivity (Wildman–Crippen MR) is 175 cm³/mol. The Balaban J connectivity index is 1.34. The van der Waals surface area contributed by atoms with Crippen molar-refractivity contribution in [3.63, 3.8) is 0 Å². The summed E-state index contributed by atoms with van der Waals surface area (Å²) in [6.45, 7) is 1.43. The second-order valence-electron chi connectivity index (χ2n) is 10.9. The summed E-state index contributed by atoms with van der Waals surface area (Å²) in [5, 5.41) is 4.13. The van der Waals surface area contributed by atoms with Crippen molar-refractivity contribution in [1.82, 2.24) is 9.88 Å². The fourth-order valence-corrected chi connectivity index (χ4v) is 5.63. The number of hydrogen-bond acceptors (Lipinski definition) is 5. The van der Waals surface area contributed by atoms with Crippen LogP contribution in [0.15, 0.2) is 126 Å². The normalized spacial score (nSPS) is 11.7. The Morgan fingerprint density at radius 3 is 2.38 bits per heavy atom. The lowest BCUT2D eigenvalue weighted by molar-refractivity contribution is -0.121. The predicted octanol–water partition coefficient (Wildman–Crippen LogP) is 7.72. The van der Waals surface area contributed by atoms with Crippen molar-refractivity contribution in [1.29, 1.82) is 0 Å². The first-order chi connectivity index (χ1) is 22.1. The highest BCUT2D eigenvalue weighted by Gasteiger charge is 2.24. The van der Waals surface area contributed by atoms with Gasteiger partial charge in [-0.2, -0.15) is 0 Å². The van der Waals surface area contributed by atoms with Gasteiger partial charge in [-0.15, -0.1) is 0 Å². The van der Waals surface area contributed by atoms with Crippen LogP contribution in [0.2, 0.25) is 0 Å². The lowest BCUT2D eigenvalue weighted by Crippen LogP contribution is -2.24. The van der Waals surface area contributed by atoms with Crippen molar-refractivity contribution in [2.24, 2.45) is 0 Å². The summed E-state index contributed by atoms with van der Waals surface area (Å²) in [5.74, 6) is 2.46. The molecule has 2 aromatic heterocycles. The van der Waals surface area contributed by atoms with E-state index in [1.807, 2.05) is 84.9 Å². The number of methoxy groups -OCH3 is 2. The molecule has 0 saturated heterocycles. The van der Waals surface area contributed by atoms with Crippen LogP contribution < -0.4 is 19.5 Å². The van der Waals surface area contributed by atoms with Gasteiger partial charge in [0.1, 0.15) is 18.1 Å². The molecule has 7 heteroatoms. The molecular formula is C38H36N2O5. The molecule has 6 aromatic rings. The zero-order chi connectivity index (χ0) is 31.0. The van der Waals surface area contributed by atoms with E-state index in [1.165, 1.54) is 0 Å². The average Bonchev–Trinajstić information content (AvgIpc) is 3.74. The van der Waals surface area contributed by atoms with Crippen molar-refractivity contribution >= 4 is 16.8 Å². The van der Waals surface area contributed by atoms with Gasteiger partial charge in [0, 0.05) is 36.0 Å². The Morgan fingerprint density at radius 2 is 1.62 bits per heavy atom. The van der Waals surface area contributed by atoms with E-state index < -0.39 is 0 Å². The van der Waals surface area contributed by atoms with Gasteiger partial charge in [-0.1, -0.05) is 66.7 Å². The largest absolute Gasteiger partial charge is 0.497 e. The van der Waals surface area contributed by atoms with E-state index >= 15 is 0 Å². The van der Waals surface area contributed by atoms with E-state index in [2.05, 4.69) is 40.3 Å². The molecule has 0 radical (unpaired) electrons. The summed E-state index contributed by atoms with van der Waals surface area (Å²) in [6, 6.07) is 36.1. The fourth-order valence-electron chi connectivity index (χ4n) is 5.63. The van der Waals surface area contributed by atoms with Gasteiger partial charge in [-0.3, -0.25) is 4.79 Å². The Morgan fingerprint density at radius 1 is 0.822 bits per heavy atom. The topological polar surface area (TPSA) is 74.9 Å². The van der Waals surface area contributed by atoms with Gasteiger partial charge in [-0.25, -0.2) is 0 Å². The molecule has 1 amide bonds. The molecule has 0 saturated carbocycles. The third kappa shape index (κ3) is 7.04. The minimum atomic E-state index is -0.249. The molecule has 0 fully saturated rings. The van der Waals surface area contributed by atoms with Gasteiger partial charge >= 0.3 is 0 Å². The van der Waals surface area contributed by atoms with E-state index in [9.17, 15) is 4.79 Å². The third-order valence-electron chi connectivity index (χ3n) is 7.96. The number of rotatable bonds is 13. The molecule has 0 unspecified atom stereocenters.